The first-order valence-corrected chi connectivity index (χ1v) is 9.28. The van der Waals surface area contributed by atoms with Crippen molar-refractivity contribution in [1.82, 2.24) is 14.1 Å². The highest BCUT2D eigenvalue weighted by molar-refractivity contribution is 7.89. The fraction of sp³-hybridized carbons (Fsp3) is 0.438. The smallest absolute Gasteiger partial charge is 0.264 e. The van der Waals surface area contributed by atoms with Crippen molar-refractivity contribution in [2.75, 3.05) is 13.6 Å². The van der Waals surface area contributed by atoms with E-state index in [1.54, 1.807) is 44.5 Å². The lowest BCUT2D eigenvalue weighted by molar-refractivity contribution is -0.385. The van der Waals surface area contributed by atoms with Crippen molar-refractivity contribution >= 4 is 15.7 Å². The van der Waals surface area contributed by atoms with Gasteiger partial charge >= 0.3 is 0 Å². The lowest BCUT2D eigenvalue weighted by atomic mass is 10.1. The molecule has 0 bridgehead atoms. The molecule has 0 N–H and O–H groups in total. The molecule has 0 aliphatic rings. The van der Waals surface area contributed by atoms with Crippen molar-refractivity contribution in [3.8, 4) is 0 Å². The highest BCUT2D eigenvalue weighted by Crippen LogP contribution is 2.26. The number of rotatable bonds is 6. The molecular weight excluding hydrogens is 344 g/mol. The third-order valence-corrected chi connectivity index (χ3v) is 6.55. The number of aryl methyl sites for hydroxylation is 1. The van der Waals surface area contributed by atoms with Gasteiger partial charge in [0.2, 0.25) is 10.0 Å². The quantitative estimate of drug-likeness (QED) is 0.577. The standard InChI is InChI=1S/C16H22N4O4S/c1-6-18(5)25(23,24)16-12(3)17-19(13(16)4)10-14-8-7-9-15(11(14)2)20(21)22/h7-9H,6,10H2,1-5H3. The second-order valence-electron chi connectivity index (χ2n) is 5.90. The fourth-order valence-electron chi connectivity index (χ4n) is 2.73. The van der Waals surface area contributed by atoms with Crippen LogP contribution in [0.25, 0.3) is 0 Å². The largest absolute Gasteiger partial charge is 0.272 e. The molecule has 0 saturated carbocycles. The Bertz CT molecular complexity index is 918. The molecule has 0 aliphatic heterocycles. The molecule has 25 heavy (non-hydrogen) atoms. The number of nitrogens with zero attached hydrogens (tertiary/aromatic N) is 4. The molecule has 8 nitrogen and oxygen atoms in total. The first-order valence-electron chi connectivity index (χ1n) is 7.84. The van der Waals surface area contributed by atoms with Crippen molar-refractivity contribution in [3.63, 3.8) is 0 Å². The summed E-state index contributed by atoms with van der Waals surface area (Å²) >= 11 is 0. The average Bonchev–Trinajstić information content (AvgIpc) is 2.82. The average molecular weight is 366 g/mol. The van der Waals surface area contributed by atoms with Crippen molar-refractivity contribution in [3.05, 3.63) is 50.8 Å². The Labute approximate surface area is 147 Å². The van der Waals surface area contributed by atoms with Gasteiger partial charge in [-0.3, -0.25) is 14.8 Å². The van der Waals surface area contributed by atoms with E-state index < -0.39 is 14.9 Å². The minimum absolute atomic E-state index is 0.0394. The van der Waals surface area contributed by atoms with E-state index in [-0.39, 0.29) is 17.1 Å². The van der Waals surface area contributed by atoms with E-state index in [0.717, 1.165) is 5.56 Å². The first-order chi connectivity index (χ1) is 11.6. The molecule has 1 heterocycles. The highest BCUT2D eigenvalue weighted by Gasteiger charge is 2.28. The van der Waals surface area contributed by atoms with Gasteiger partial charge in [0.25, 0.3) is 5.69 Å². The zero-order valence-corrected chi connectivity index (χ0v) is 15.8. The molecule has 2 rings (SSSR count). The van der Waals surface area contributed by atoms with Crippen LogP contribution in [-0.2, 0) is 16.6 Å². The summed E-state index contributed by atoms with van der Waals surface area (Å²) < 4.78 is 28.2. The molecule has 0 saturated heterocycles. The Balaban J connectivity index is 2.50. The number of aromatic nitrogens is 2. The van der Waals surface area contributed by atoms with Gasteiger partial charge in [-0.1, -0.05) is 19.1 Å². The molecule has 9 heteroatoms. The zero-order chi connectivity index (χ0) is 18.9. The third kappa shape index (κ3) is 3.42. The second kappa shape index (κ2) is 6.93. The predicted octanol–water partition coefficient (Wildman–Crippen LogP) is 2.41. The molecule has 1 aromatic heterocycles. The molecule has 0 radical (unpaired) electrons. The van der Waals surface area contributed by atoms with E-state index in [2.05, 4.69) is 5.10 Å². The summed E-state index contributed by atoms with van der Waals surface area (Å²) in [6, 6.07) is 4.85. The SMILES string of the molecule is CCN(C)S(=O)(=O)c1c(C)nn(Cc2cccc([N+](=O)[O-])c2C)c1C. The molecule has 2 aromatic rings. The summed E-state index contributed by atoms with van der Waals surface area (Å²) in [5.74, 6) is 0. The fourth-order valence-corrected chi connectivity index (χ4v) is 4.28. The highest BCUT2D eigenvalue weighted by atomic mass is 32.2. The van der Waals surface area contributed by atoms with E-state index in [9.17, 15) is 18.5 Å². The summed E-state index contributed by atoms with van der Waals surface area (Å²) in [6.45, 7) is 7.42. The molecule has 0 atom stereocenters. The topological polar surface area (TPSA) is 98.3 Å². The van der Waals surface area contributed by atoms with Gasteiger partial charge in [-0.05, 0) is 26.3 Å². The van der Waals surface area contributed by atoms with Crippen molar-refractivity contribution in [1.29, 1.82) is 0 Å². The van der Waals surface area contributed by atoms with Crippen LogP contribution in [0.15, 0.2) is 23.1 Å². The van der Waals surface area contributed by atoms with Gasteiger partial charge in [0.15, 0.2) is 0 Å². The number of hydrogen-bond acceptors (Lipinski definition) is 5. The summed E-state index contributed by atoms with van der Waals surface area (Å²) in [5, 5.41) is 15.4. The van der Waals surface area contributed by atoms with Crippen LogP contribution in [0.4, 0.5) is 5.69 Å². The molecule has 0 spiro atoms. The maximum absolute atomic E-state index is 12.7. The van der Waals surface area contributed by atoms with Crippen LogP contribution < -0.4 is 0 Å². The molecule has 136 valence electrons. The summed E-state index contributed by atoms with van der Waals surface area (Å²) in [4.78, 5) is 10.9. The minimum Gasteiger partial charge on any atom is -0.264 e. The third-order valence-electron chi connectivity index (χ3n) is 4.36. The van der Waals surface area contributed by atoms with Gasteiger partial charge in [-0.2, -0.15) is 5.10 Å². The molecule has 0 unspecified atom stereocenters. The summed E-state index contributed by atoms with van der Waals surface area (Å²) in [5.41, 5.74) is 2.25. The van der Waals surface area contributed by atoms with Gasteiger partial charge < -0.3 is 0 Å². The van der Waals surface area contributed by atoms with Crippen molar-refractivity contribution in [2.24, 2.45) is 0 Å². The second-order valence-corrected chi connectivity index (χ2v) is 7.88. The molecule has 0 fully saturated rings. The maximum atomic E-state index is 12.7. The van der Waals surface area contributed by atoms with Crippen LogP contribution in [-0.4, -0.2) is 41.0 Å². The number of nitro benzene ring substituents is 1. The zero-order valence-electron chi connectivity index (χ0n) is 15.0. The van der Waals surface area contributed by atoms with E-state index >= 15 is 0 Å². The van der Waals surface area contributed by atoms with Crippen LogP contribution in [0.5, 0.6) is 0 Å². The molecule has 0 amide bonds. The Morgan fingerprint density at radius 1 is 1.28 bits per heavy atom. The number of hydrogen-bond donors (Lipinski definition) is 0. The molecule has 0 aliphatic carbocycles. The molecule has 1 aromatic carbocycles. The van der Waals surface area contributed by atoms with Crippen molar-refractivity contribution < 1.29 is 13.3 Å². The Kier molecular flexibility index (Phi) is 5.28. The molecular formula is C16H22N4O4S. The monoisotopic (exact) mass is 366 g/mol. The van der Waals surface area contributed by atoms with Crippen LogP contribution >= 0.6 is 0 Å². The van der Waals surface area contributed by atoms with Gasteiger partial charge in [0.1, 0.15) is 4.90 Å². The van der Waals surface area contributed by atoms with Crippen LogP contribution in [0.2, 0.25) is 0 Å². The van der Waals surface area contributed by atoms with Crippen molar-refractivity contribution in [2.45, 2.75) is 39.1 Å². The van der Waals surface area contributed by atoms with Crippen LogP contribution in [0.1, 0.15) is 29.4 Å². The Hall–Kier alpha value is -2.26. The van der Waals surface area contributed by atoms with Gasteiger partial charge in [0.05, 0.1) is 22.9 Å². The maximum Gasteiger partial charge on any atom is 0.272 e. The van der Waals surface area contributed by atoms with E-state index in [0.29, 0.717) is 23.5 Å². The van der Waals surface area contributed by atoms with E-state index in [4.69, 9.17) is 0 Å². The minimum atomic E-state index is -3.61. The lowest BCUT2D eigenvalue weighted by Crippen LogP contribution is -2.27. The number of nitro groups is 1. The van der Waals surface area contributed by atoms with Gasteiger partial charge in [-0.15, -0.1) is 0 Å². The normalized spacial score (nSPS) is 11.9. The first kappa shape index (κ1) is 19.1. The Morgan fingerprint density at radius 3 is 2.48 bits per heavy atom. The number of benzene rings is 1. The lowest BCUT2D eigenvalue weighted by Gasteiger charge is -2.15. The van der Waals surface area contributed by atoms with Crippen LogP contribution in [0, 0.1) is 30.9 Å². The van der Waals surface area contributed by atoms with E-state index in [1.165, 1.54) is 17.4 Å². The summed E-state index contributed by atoms with van der Waals surface area (Å²) in [6.07, 6.45) is 0. The number of sulfonamides is 1. The van der Waals surface area contributed by atoms with Gasteiger partial charge in [-0.25, -0.2) is 12.7 Å². The van der Waals surface area contributed by atoms with Gasteiger partial charge in [0, 0.05) is 25.2 Å². The van der Waals surface area contributed by atoms with E-state index in [1.807, 2.05) is 0 Å². The van der Waals surface area contributed by atoms with Crippen LogP contribution in [0.3, 0.4) is 0 Å². The predicted molar refractivity (Wildman–Crippen MR) is 94.1 cm³/mol. The Morgan fingerprint density at radius 2 is 1.92 bits per heavy atom. The summed E-state index contributed by atoms with van der Waals surface area (Å²) in [7, 11) is -2.09.